The van der Waals surface area contributed by atoms with Gasteiger partial charge in [-0.1, -0.05) is 23.3 Å². The molecule has 0 nitrogen and oxygen atoms in total. The van der Waals surface area contributed by atoms with E-state index in [0.717, 1.165) is 11.1 Å². The van der Waals surface area contributed by atoms with Crippen LogP contribution in [0.25, 0.3) is 0 Å². The summed E-state index contributed by atoms with van der Waals surface area (Å²) in [5.41, 5.74) is 1.85. The smallest absolute Gasteiger partial charge is 0.171 e. The number of halogens is 3. The molecule has 0 aliphatic rings. The molecule has 0 atom stereocenters. The van der Waals surface area contributed by atoms with Gasteiger partial charge in [-0.2, -0.15) is 13.2 Å². The van der Waals surface area contributed by atoms with Crippen molar-refractivity contribution in [3.8, 4) is 0 Å². The van der Waals surface area contributed by atoms with E-state index in [9.17, 15) is 13.2 Å². The fourth-order valence-electron chi connectivity index (χ4n) is 0.731. The first-order valence-corrected chi connectivity index (χ1v) is 4.18. The molecule has 0 aliphatic carbocycles. The van der Waals surface area contributed by atoms with Gasteiger partial charge in [0.1, 0.15) is 0 Å². The Labute approximate surface area is 77.1 Å². The Hall–Kier alpha value is -0.730. The monoisotopic (exact) mass is 192 g/mol. The third-order valence-electron chi connectivity index (χ3n) is 1.50. The zero-order valence-electron chi connectivity index (χ0n) is 8.20. The third-order valence-corrected chi connectivity index (χ3v) is 1.50. The fourth-order valence-corrected chi connectivity index (χ4v) is 0.731. The Morgan fingerprint density at radius 2 is 1.62 bits per heavy atom. The lowest BCUT2D eigenvalue weighted by Gasteiger charge is -2.05. The molecule has 13 heavy (non-hydrogen) atoms. The molecule has 0 saturated carbocycles. The molecule has 0 fully saturated rings. The summed E-state index contributed by atoms with van der Waals surface area (Å²) in [4.78, 5) is 0. The number of alkyl halides is 3. The normalized spacial score (nSPS) is 12.9. The van der Waals surface area contributed by atoms with E-state index >= 15 is 0 Å². The Morgan fingerprint density at radius 1 is 1.08 bits per heavy atom. The molecule has 0 amide bonds. The summed E-state index contributed by atoms with van der Waals surface area (Å²) in [7, 11) is 0. The van der Waals surface area contributed by atoms with Gasteiger partial charge in [-0.3, -0.25) is 0 Å². The van der Waals surface area contributed by atoms with Crippen molar-refractivity contribution in [1.29, 1.82) is 0 Å². The van der Waals surface area contributed by atoms with Crippen LogP contribution >= 0.6 is 0 Å². The van der Waals surface area contributed by atoms with Crippen LogP contribution in [0.3, 0.4) is 0 Å². The molecule has 0 rings (SSSR count). The van der Waals surface area contributed by atoms with Crippen molar-refractivity contribution >= 4 is 0 Å². The standard InChI is InChI=1S/C10H15F3/c1-8(2)4-5-9(3)6-7-10(11,12)13/h4-5H,6-7H2,1-3H3/b9-5-. The van der Waals surface area contributed by atoms with Crippen LogP contribution in [-0.2, 0) is 0 Å². The van der Waals surface area contributed by atoms with Gasteiger partial charge in [-0.15, -0.1) is 0 Å². The molecule has 0 radical (unpaired) electrons. The Kier molecular flexibility index (Phi) is 4.81. The van der Waals surface area contributed by atoms with Crippen LogP contribution in [0, 0.1) is 0 Å². The van der Waals surface area contributed by atoms with Gasteiger partial charge in [0.05, 0.1) is 0 Å². The molecule has 3 heteroatoms. The summed E-state index contributed by atoms with van der Waals surface area (Å²) < 4.78 is 35.3. The Balaban J connectivity index is 3.95. The number of allylic oxidation sites excluding steroid dienone is 4. The Morgan fingerprint density at radius 3 is 2.00 bits per heavy atom. The van der Waals surface area contributed by atoms with Crippen molar-refractivity contribution in [3.63, 3.8) is 0 Å². The van der Waals surface area contributed by atoms with Gasteiger partial charge < -0.3 is 0 Å². The van der Waals surface area contributed by atoms with Crippen LogP contribution < -0.4 is 0 Å². The zero-order valence-corrected chi connectivity index (χ0v) is 8.20. The second kappa shape index (κ2) is 5.10. The van der Waals surface area contributed by atoms with Crippen LogP contribution in [0.2, 0.25) is 0 Å². The number of hydrogen-bond donors (Lipinski definition) is 0. The molecule has 0 aromatic carbocycles. The lowest BCUT2D eigenvalue weighted by atomic mass is 10.1. The van der Waals surface area contributed by atoms with Crippen LogP contribution in [0.1, 0.15) is 33.6 Å². The molecule has 0 spiro atoms. The minimum Gasteiger partial charge on any atom is -0.171 e. The molecule has 0 unspecified atom stereocenters. The minimum atomic E-state index is -4.04. The molecule has 0 aliphatic heterocycles. The maximum absolute atomic E-state index is 11.8. The summed E-state index contributed by atoms with van der Waals surface area (Å²) >= 11 is 0. The Bertz CT molecular complexity index is 205. The van der Waals surface area contributed by atoms with Gasteiger partial charge in [0.15, 0.2) is 0 Å². The molecule has 0 heterocycles. The third kappa shape index (κ3) is 9.18. The average molecular weight is 192 g/mol. The van der Waals surface area contributed by atoms with E-state index in [1.807, 2.05) is 19.9 Å². The van der Waals surface area contributed by atoms with Crippen LogP contribution in [0.5, 0.6) is 0 Å². The molecule has 76 valence electrons. The van der Waals surface area contributed by atoms with E-state index < -0.39 is 12.6 Å². The predicted octanol–water partition coefficient (Wildman–Crippen LogP) is 4.24. The van der Waals surface area contributed by atoms with Gasteiger partial charge >= 0.3 is 6.18 Å². The minimum absolute atomic E-state index is 0.0906. The van der Waals surface area contributed by atoms with Crippen LogP contribution in [0.15, 0.2) is 23.3 Å². The van der Waals surface area contributed by atoms with E-state index in [1.165, 1.54) is 0 Å². The van der Waals surface area contributed by atoms with Gasteiger partial charge in [0, 0.05) is 6.42 Å². The van der Waals surface area contributed by atoms with Crippen LogP contribution in [-0.4, -0.2) is 6.18 Å². The maximum Gasteiger partial charge on any atom is 0.389 e. The van der Waals surface area contributed by atoms with Crippen molar-refractivity contribution in [1.82, 2.24) is 0 Å². The zero-order chi connectivity index (χ0) is 10.5. The summed E-state index contributed by atoms with van der Waals surface area (Å²) in [6.07, 6.45) is -1.12. The van der Waals surface area contributed by atoms with E-state index in [-0.39, 0.29) is 6.42 Å². The molecule has 0 aromatic heterocycles. The fraction of sp³-hybridized carbons (Fsp3) is 0.600. The molecule has 0 saturated heterocycles. The van der Waals surface area contributed by atoms with Crippen molar-refractivity contribution in [2.75, 3.05) is 0 Å². The largest absolute Gasteiger partial charge is 0.389 e. The highest BCUT2D eigenvalue weighted by molar-refractivity contribution is 5.14. The molecule has 0 N–H and O–H groups in total. The van der Waals surface area contributed by atoms with Crippen LogP contribution in [0.4, 0.5) is 13.2 Å². The summed E-state index contributed by atoms with van der Waals surface area (Å²) in [5, 5.41) is 0. The summed E-state index contributed by atoms with van der Waals surface area (Å²) in [5.74, 6) is 0. The van der Waals surface area contributed by atoms with E-state index in [2.05, 4.69) is 0 Å². The topological polar surface area (TPSA) is 0 Å². The summed E-state index contributed by atoms with van der Waals surface area (Å²) in [6, 6.07) is 0. The first kappa shape index (κ1) is 12.3. The van der Waals surface area contributed by atoms with E-state index in [4.69, 9.17) is 0 Å². The highest BCUT2D eigenvalue weighted by Gasteiger charge is 2.26. The first-order valence-electron chi connectivity index (χ1n) is 4.18. The quantitative estimate of drug-likeness (QED) is 0.586. The highest BCUT2D eigenvalue weighted by atomic mass is 19.4. The van der Waals surface area contributed by atoms with Crippen molar-refractivity contribution in [3.05, 3.63) is 23.3 Å². The van der Waals surface area contributed by atoms with Crippen molar-refractivity contribution in [2.45, 2.75) is 39.8 Å². The molecule has 0 aromatic rings. The molecular weight excluding hydrogens is 177 g/mol. The second-order valence-electron chi connectivity index (χ2n) is 3.37. The first-order chi connectivity index (χ1) is 5.81. The van der Waals surface area contributed by atoms with Gasteiger partial charge in [0.2, 0.25) is 0 Å². The number of rotatable bonds is 3. The van der Waals surface area contributed by atoms with Crippen molar-refractivity contribution < 1.29 is 13.2 Å². The summed E-state index contributed by atoms with van der Waals surface area (Å²) in [6.45, 7) is 5.53. The van der Waals surface area contributed by atoms with Crippen molar-refractivity contribution in [2.24, 2.45) is 0 Å². The van der Waals surface area contributed by atoms with E-state index in [0.29, 0.717) is 0 Å². The average Bonchev–Trinajstić information content (AvgIpc) is 1.95. The van der Waals surface area contributed by atoms with Gasteiger partial charge in [-0.25, -0.2) is 0 Å². The highest BCUT2D eigenvalue weighted by Crippen LogP contribution is 2.23. The maximum atomic E-state index is 11.8. The molecule has 0 bridgehead atoms. The van der Waals surface area contributed by atoms with Gasteiger partial charge in [0.25, 0.3) is 0 Å². The lowest BCUT2D eigenvalue weighted by Crippen LogP contribution is -2.06. The molecular formula is C10H15F3. The van der Waals surface area contributed by atoms with Gasteiger partial charge in [-0.05, 0) is 27.2 Å². The SMILES string of the molecule is CC(C)=C/C=C(/C)CCC(F)(F)F. The van der Waals surface area contributed by atoms with E-state index in [1.54, 1.807) is 13.0 Å². The number of hydrogen-bond acceptors (Lipinski definition) is 0. The second-order valence-corrected chi connectivity index (χ2v) is 3.37. The predicted molar refractivity (Wildman–Crippen MR) is 48.5 cm³/mol. The lowest BCUT2D eigenvalue weighted by molar-refractivity contribution is -0.133.